The molecular formula is C14H18N4. The van der Waals surface area contributed by atoms with Crippen molar-refractivity contribution in [1.29, 1.82) is 5.26 Å². The number of hydrogen-bond acceptors (Lipinski definition) is 4. The van der Waals surface area contributed by atoms with E-state index >= 15 is 0 Å². The number of nitrogens with two attached hydrogens (primary N) is 1. The van der Waals surface area contributed by atoms with Crippen molar-refractivity contribution >= 4 is 11.4 Å². The smallest absolute Gasteiger partial charge is 0.101 e. The van der Waals surface area contributed by atoms with Gasteiger partial charge < -0.3 is 10.6 Å². The summed E-state index contributed by atoms with van der Waals surface area (Å²) in [6.07, 6.45) is 2.75. The van der Waals surface area contributed by atoms with E-state index in [1.165, 1.54) is 12.8 Å². The van der Waals surface area contributed by atoms with Gasteiger partial charge in [-0.25, -0.2) is 0 Å². The average Bonchev–Trinajstić information content (AvgIpc) is 3.24. The summed E-state index contributed by atoms with van der Waals surface area (Å²) < 4.78 is 0. The van der Waals surface area contributed by atoms with E-state index in [9.17, 15) is 0 Å². The summed E-state index contributed by atoms with van der Waals surface area (Å²) in [5.41, 5.74) is 8.02. The van der Waals surface area contributed by atoms with Gasteiger partial charge in [0.2, 0.25) is 0 Å². The van der Waals surface area contributed by atoms with Gasteiger partial charge in [0.05, 0.1) is 5.56 Å². The van der Waals surface area contributed by atoms with E-state index in [1.54, 1.807) is 0 Å². The second kappa shape index (κ2) is 4.51. The van der Waals surface area contributed by atoms with Crippen LogP contribution in [0.15, 0.2) is 18.2 Å². The number of nitriles is 1. The van der Waals surface area contributed by atoms with Gasteiger partial charge in [-0.2, -0.15) is 5.26 Å². The Morgan fingerprint density at radius 3 is 2.50 bits per heavy atom. The van der Waals surface area contributed by atoms with E-state index in [0.29, 0.717) is 11.3 Å². The molecule has 0 atom stereocenters. The third-order valence-corrected chi connectivity index (χ3v) is 3.90. The van der Waals surface area contributed by atoms with Gasteiger partial charge >= 0.3 is 0 Å². The van der Waals surface area contributed by atoms with Crippen LogP contribution in [0.5, 0.6) is 0 Å². The number of rotatable bonds is 2. The van der Waals surface area contributed by atoms with Gasteiger partial charge in [-0.15, -0.1) is 0 Å². The zero-order chi connectivity index (χ0) is 12.5. The Morgan fingerprint density at radius 2 is 1.89 bits per heavy atom. The molecule has 1 heterocycles. The molecule has 18 heavy (non-hydrogen) atoms. The Balaban J connectivity index is 1.70. The van der Waals surface area contributed by atoms with Crippen LogP contribution in [0.2, 0.25) is 0 Å². The van der Waals surface area contributed by atoms with E-state index in [2.05, 4.69) is 15.9 Å². The number of anilines is 2. The van der Waals surface area contributed by atoms with Crippen LogP contribution < -0.4 is 10.6 Å². The maximum Gasteiger partial charge on any atom is 0.101 e. The summed E-state index contributed by atoms with van der Waals surface area (Å²) in [5.74, 6) is 0. The normalized spacial score (nSPS) is 20.7. The molecule has 0 unspecified atom stereocenters. The first-order chi connectivity index (χ1) is 8.78. The molecule has 1 saturated carbocycles. The minimum absolute atomic E-state index is 0.567. The van der Waals surface area contributed by atoms with Gasteiger partial charge in [-0.05, 0) is 31.0 Å². The lowest BCUT2D eigenvalue weighted by molar-refractivity contribution is 0.248. The number of benzene rings is 1. The van der Waals surface area contributed by atoms with Crippen LogP contribution in [0.3, 0.4) is 0 Å². The Bertz CT molecular complexity index is 479. The van der Waals surface area contributed by atoms with Gasteiger partial charge in [-0.3, -0.25) is 4.90 Å². The summed E-state index contributed by atoms with van der Waals surface area (Å²) in [6.45, 7) is 4.37. The van der Waals surface area contributed by atoms with Crippen molar-refractivity contribution in [3.05, 3.63) is 23.8 Å². The Kier molecular flexibility index (Phi) is 2.85. The highest BCUT2D eigenvalue weighted by atomic mass is 15.3. The van der Waals surface area contributed by atoms with Crippen molar-refractivity contribution in [2.24, 2.45) is 0 Å². The molecule has 4 heteroatoms. The summed E-state index contributed by atoms with van der Waals surface area (Å²) >= 11 is 0. The van der Waals surface area contributed by atoms with E-state index in [4.69, 9.17) is 11.0 Å². The Hall–Kier alpha value is -1.73. The SMILES string of the molecule is N#Cc1cc(N2CCN(C3CC3)CC2)ccc1N. The first-order valence-electron chi connectivity index (χ1n) is 6.56. The van der Waals surface area contributed by atoms with Crippen LogP contribution in [0, 0.1) is 11.3 Å². The van der Waals surface area contributed by atoms with E-state index in [1.807, 2.05) is 18.2 Å². The predicted octanol–water partition coefficient (Wildman–Crippen LogP) is 1.42. The van der Waals surface area contributed by atoms with Crippen molar-refractivity contribution in [2.45, 2.75) is 18.9 Å². The Morgan fingerprint density at radius 1 is 1.17 bits per heavy atom. The predicted molar refractivity (Wildman–Crippen MR) is 72.4 cm³/mol. The summed E-state index contributed by atoms with van der Waals surface area (Å²) in [4.78, 5) is 4.93. The maximum atomic E-state index is 9.01. The molecule has 0 aromatic heterocycles. The van der Waals surface area contributed by atoms with Crippen molar-refractivity contribution < 1.29 is 0 Å². The standard InChI is InChI=1S/C14H18N4/c15-10-11-9-13(3-4-14(11)16)18-7-5-17(6-8-18)12-1-2-12/h3-4,9,12H,1-2,5-8,16H2. The molecule has 2 N–H and O–H groups in total. The van der Waals surface area contributed by atoms with Gasteiger partial charge in [0.25, 0.3) is 0 Å². The number of nitrogen functional groups attached to an aromatic ring is 1. The zero-order valence-electron chi connectivity index (χ0n) is 10.5. The van der Waals surface area contributed by atoms with Crippen LogP contribution in [-0.2, 0) is 0 Å². The molecule has 0 spiro atoms. The molecule has 1 saturated heterocycles. The van der Waals surface area contributed by atoms with Crippen LogP contribution in [0.1, 0.15) is 18.4 Å². The molecule has 1 aromatic rings. The van der Waals surface area contributed by atoms with Gasteiger partial charge in [0.1, 0.15) is 6.07 Å². The molecule has 0 amide bonds. The van der Waals surface area contributed by atoms with Crippen molar-refractivity contribution in [3.63, 3.8) is 0 Å². The van der Waals surface area contributed by atoms with Gasteiger partial charge in [0.15, 0.2) is 0 Å². The van der Waals surface area contributed by atoms with E-state index in [-0.39, 0.29) is 0 Å². The molecule has 94 valence electrons. The number of hydrogen-bond donors (Lipinski definition) is 1. The summed E-state index contributed by atoms with van der Waals surface area (Å²) in [7, 11) is 0. The first-order valence-corrected chi connectivity index (χ1v) is 6.56. The summed E-state index contributed by atoms with van der Waals surface area (Å²) in [5, 5.41) is 9.01. The second-order valence-corrected chi connectivity index (χ2v) is 5.14. The number of piperazine rings is 1. The van der Waals surface area contributed by atoms with E-state index < -0.39 is 0 Å². The Labute approximate surface area is 108 Å². The van der Waals surface area contributed by atoms with Crippen LogP contribution in [0.4, 0.5) is 11.4 Å². The number of nitrogens with zero attached hydrogens (tertiary/aromatic N) is 3. The minimum atomic E-state index is 0.567. The molecule has 3 rings (SSSR count). The lowest BCUT2D eigenvalue weighted by atomic mass is 10.1. The largest absolute Gasteiger partial charge is 0.398 e. The quantitative estimate of drug-likeness (QED) is 0.797. The third kappa shape index (κ3) is 2.14. The van der Waals surface area contributed by atoms with Gasteiger partial charge in [-0.1, -0.05) is 0 Å². The highest BCUT2D eigenvalue weighted by molar-refractivity contribution is 5.62. The minimum Gasteiger partial charge on any atom is -0.398 e. The lowest BCUT2D eigenvalue weighted by Gasteiger charge is -2.36. The molecule has 1 aliphatic heterocycles. The molecule has 4 nitrogen and oxygen atoms in total. The zero-order valence-corrected chi connectivity index (χ0v) is 10.5. The highest BCUT2D eigenvalue weighted by Crippen LogP contribution is 2.29. The summed E-state index contributed by atoms with van der Waals surface area (Å²) in [6, 6.07) is 8.76. The fourth-order valence-electron chi connectivity index (χ4n) is 2.62. The van der Waals surface area contributed by atoms with E-state index in [0.717, 1.165) is 37.9 Å². The molecule has 0 bridgehead atoms. The first kappa shape index (κ1) is 11.4. The van der Waals surface area contributed by atoms with Crippen LogP contribution in [0.25, 0.3) is 0 Å². The molecule has 1 aromatic carbocycles. The molecule has 0 radical (unpaired) electrons. The van der Waals surface area contributed by atoms with Crippen molar-refractivity contribution in [1.82, 2.24) is 4.90 Å². The van der Waals surface area contributed by atoms with Crippen molar-refractivity contribution in [3.8, 4) is 6.07 Å². The molecular weight excluding hydrogens is 224 g/mol. The van der Waals surface area contributed by atoms with Gasteiger partial charge in [0, 0.05) is 43.6 Å². The fraction of sp³-hybridized carbons (Fsp3) is 0.500. The van der Waals surface area contributed by atoms with Crippen molar-refractivity contribution in [2.75, 3.05) is 36.8 Å². The van der Waals surface area contributed by atoms with Crippen LogP contribution >= 0.6 is 0 Å². The molecule has 1 aliphatic carbocycles. The topological polar surface area (TPSA) is 56.3 Å². The fourth-order valence-corrected chi connectivity index (χ4v) is 2.62. The molecule has 2 fully saturated rings. The van der Waals surface area contributed by atoms with Crippen LogP contribution in [-0.4, -0.2) is 37.1 Å². The third-order valence-electron chi connectivity index (χ3n) is 3.90. The highest BCUT2D eigenvalue weighted by Gasteiger charge is 2.31. The second-order valence-electron chi connectivity index (χ2n) is 5.14. The average molecular weight is 242 g/mol. The monoisotopic (exact) mass is 242 g/mol. The maximum absolute atomic E-state index is 9.01. The molecule has 2 aliphatic rings. The lowest BCUT2D eigenvalue weighted by Crippen LogP contribution is -2.47.